The molecule has 1 N–H and O–H groups in total. The summed E-state index contributed by atoms with van der Waals surface area (Å²) in [6.45, 7) is 9.63. The van der Waals surface area contributed by atoms with Crippen LogP contribution in [0.3, 0.4) is 0 Å². The first-order chi connectivity index (χ1) is 8.24. The second-order valence-corrected chi connectivity index (χ2v) is 4.18. The van der Waals surface area contributed by atoms with E-state index in [4.69, 9.17) is 4.74 Å². The Morgan fingerprint density at radius 2 is 2.18 bits per heavy atom. The Labute approximate surface area is 102 Å². The fourth-order valence-electron chi connectivity index (χ4n) is 1.93. The number of hydrogen-bond donors (Lipinski definition) is 1. The van der Waals surface area contributed by atoms with Crippen LogP contribution in [0.25, 0.3) is 0 Å². The zero-order valence-corrected chi connectivity index (χ0v) is 10.7. The van der Waals surface area contributed by atoms with Crippen LogP contribution in [0, 0.1) is 6.92 Å². The first kappa shape index (κ1) is 12.1. The van der Waals surface area contributed by atoms with Gasteiger partial charge in [0.1, 0.15) is 0 Å². The van der Waals surface area contributed by atoms with Crippen molar-refractivity contribution >= 4 is 5.95 Å². The van der Waals surface area contributed by atoms with Gasteiger partial charge in [0.2, 0.25) is 11.8 Å². The summed E-state index contributed by atoms with van der Waals surface area (Å²) in [7, 11) is 0. The van der Waals surface area contributed by atoms with E-state index >= 15 is 0 Å². The van der Waals surface area contributed by atoms with Crippen molar-refractivity contribution in [3.05, 3.63) is 11.8 Å². The topological polar surface area (TPSA) is 50.3 Å². The lowest BCUT2D eigenvalue weighted by atomic mass is 10.1. The molecule has 1 aromatic rings. The first-order valence-corrected chi connectivity index (χ1v) is 6.20. The molecular formula is C12H20N4O. The van der Waals surface area contributed by atoms with Crippen LogP contribution in [-0.2, 0) is 0 Å². The molecule has 0 aromatic carbocycles. The summed E-state index contributed by atoms with van der Waals surface area (Å²) in [5, 5.41) is 3.27. The van der Waals surface area contributed by atoms with E-state index in [-0.39, 0.29) is 0 Å². The molecule has 0 amide bonds. The SMILES string of the molecule is CCOc1cc(C)nc(N(CC)C2CNC2)n1. The lowest BCUT2D eigenvalue weighted by Gasteiger charge is -2.37. The highest BCUT2D eigenvalue weighted by Gasteiger charge is 2.25. The Hall–Kier alpha value is -1.36. The van der Waals surface area contributed by atoms with Crippen molar-refractivity contribution in [1.29, 1.82) is 0 Å². The van der Waals surface area contributed by atoms with Gasteiger partial charge in [0.05, 0.1) is 12.6 Å². The summed E-state index contributed by atoms with van der Waals surface area (Å²) in [5.41, 5.74) is 0.948. The molecule has 2 rings (SSSR count). The van der Waals surface area contributed by atoms with Gasteiger partial charge in [0.25, 0.3) is 0 Å². The maximum Gasteiger partial charge on any atom is 0.229 e. The minimum absolute atomic E-state index is 0.510. The predicted molar refractivity (Wildman–Crippen MR) is 67.6 cm³/mol. The van der Waals surface area contributed by atoms with Crippen LogP contribution in [0.1, 0.15) is 19.5 Å². The van der Waals surface area contributed by atoms with E-state index in [2.05, 4.69) is 27.1 Å². The normalized spacial score (nSPS) is 15.5. The van der Waals surface area contributed by atoms with Crippen molar-refractivity contribution in [3.63, 3.8) is 0 Å². The Bertz CT molecular complexity index is 379. The second-order valence-electron chi connectivity index (χ2n) is 4.18. The average molecular weight is 236 g/mol. The highest BCUT2D eigenvalue weighted by Crippen LogP contribution is 2.18. The number of nitrogens with zero attached hydrogens (tertiary/aromatic N) is 3. The third kappa shape index (κ3) is 2.66. The maximum absolute atomic E-state index is 5.46. The standard InChI is InChI=1S/C12H20N4O/c1-4-16(10-7-13-8-10)12-14-9(3)6-11(15-12)17-5-2/h6,10,13H,4-5,7-8H2,1-3H3. The third-order valence-corrected chi connectivity index (χ3v) is 2.91. The quantitative estimate of drug-likeness (QED) is 0.826. The molecule has 0 bridgehead atoms. The van der Waals surface area contributed by atoms with Gasteiger partial charge in [0, 0.05) is 31.4 Å². The van der Waals surface area contributed by atoms with Crippen molar-refractivity contribution < 1.29 is 4.74 Å². The van der Waals surface area contributed by atoms with E-state index in [1.807, 2.05) is 19.9 Å². The molecule has 0 spiro atoms. The van der Waals surface area contributed by atoms with Crippen molar-refractivity contribution in [2.45, 2.75) is 26.8 Å². The predicted octanol–water partition coefficient (Wildman–Crippen LogP) is 0.982. The lowest BCUT2D eigenvalue weighted by Crippen LogP contribution is -2.57. The molecule has 1 aliphatic heterocycles. The van der Waals surface area contributed by atoms with Crippen LogP contribution in [0.15, 0.2) is 6.07 Å². The largest absolute Gasteiger partial charge is 0.478 e. The smallest absolute Gasteiger partial charge is 0.229 e. The van der Waals surface area contributed by atoms with Gasteiger partial charge in [-0.1, -0.05) is 0 Å². The first-order valence-electron chi connectivity index (χ1n) is 6.20. The minimum atomic E-state index is 0.510. The van der Waals surface area contributed by atoms with E-state index < -0.39 is 0 Å². The molecule has 2 heterocycles. The van der Waals surface area contributed by atoms with Crippen LogP contribution in [-0.4, -0.2) is 42.3 Å². The molecule has 0 radical (unpaired) electrons. The highest BCUT2D eigenvalue weighted by atomic mass is 16.5. The molecule has 5 nitrogen and oxygen atoms in total. The molecule has 0 aliphatic carbocycles. The summed E-state index contributed by atoms with van der Waals surface area (Å²) in [4.78, 5) is 11.2. The summed E-state index contributed by atoms with van der Waals surface area (Å²) < 4.78 is 5.46. The Morgan fingerprint density at radius 3 is 2.71 bits per heavy atom. The Balaban J connectivity index is 2.22. The molecular weight excluding hydrogens is 216 g/mol. The molecule has 1 fully saturated rings. The van der Waals surface area contributed by atoms with Crippen molar-refractivity contribution in [3.8, 4) is 5.88 Å². The van der Waals surface area contributed by atoms with Crippen LogP contribution in [0.5, 0.6) is 5.88 Å². The zero-order chi connectivity index (χ0) is 12.3. The molecule has 94 valence electrons. The van der Waals surface area contributed by atoms with E-state index in [1.54, 1.807) is 0 Å². The van der Waals surface area contributed by atoms with Crippen LogP contribution < -0.4 is 15.0 Å². The number of anilines is 1. The monoisotopic (exact) mass is 236 g/mol. The fraction of sp³-hybridized carbons (Fsp3) is 0.667. The number of aromatic nitrogens is 2. The van der Waals surface area contributed by atoms with Crippen LogP contribution in [0.4, 0.5) is 5.95 Å². The molecule has 5 heteroatoms. The molecule has 1 saturated heterocycles. The lowest BCUT2D eigenvalue weighted by molar-refractivity contribution is 0.324. The maximum atomic E-state index is 5.46. The number of ether oxygens (including phenoxy) is 1. The Kier molecular flexibility index (Phi) is 3.78. The molecule has 0 atom stereocenters. The van der Waals surface area contributed by atoms with Crippen LogP contribution in [0.2, 0.25) is 0 Å². The van der Waals surface area contributed by atoms with Gasteiger partial charge in [-0.25, -0.2) is 4.98 Å². The van der Waals surface area contributed by atoms with Crippen LogP contribution >= 0.6 is 0 Å². The highest BCUT2D eigenvalue weighted by molar-refractivity contribution is 5.36. The van der Waals surface area contributed by atoms with Gasteiger partial charge in [-0.2, -0.15) is 4.98 Å². The zero-order valence-electron chi connectivity index (χ0n) is 10.7. The number of nitrogens with one attached hydrogen (secondary N) is 1. The average Bonchev–Trinajstić information content (AvgIpc) is 2.22. The summed E-state index contributed by atoms with van der Waals surface area (Å²) in [6.07, 6.45) is 0. The molecule has 17 heavy (non-hydrogen) atoms. The Morgan fingerprint density at radius 1 is 1.41 bits per heavy atom. The number of aryl methyl sites for hydroxylation is 1. The minimum Gasteiger partial charge on any atom is -0.478 e. The van der Waals surface area contributed by atoms with Crippen molar-refractivity contribution in [2.24, 2.45) is 0 Å². The van der Waals surface area contributed by atoms with Gasteiger partial charge in [-0.3, -0.25) is 0 Å². The molecule has 1 aliphatic rings. The second kappa shape index (κ2) is 5.31. The van der Waals surface area contributed by atoms with Gasteiger partial charge in [-0.15, -0.1) is 0 Å². The van der Waals surface area contributed by atoms with Crippen molar-refractivity contribution in [2.75, 3.05) is 31.1 Å². The van der Waals surface area contributed by atoms with E-state index in [1.165, 1.54) is 0 Å². The fourth-order valence-corrected chi connectivity index (χ4v) is 1.93. The molecule has 1 aromatic heterocycles. The summed E-state index contributed by atoms with van der Waals surface area (Å²) in [5.74, 6) is 1.45. The van der Waals surface area contributed by atoms with Crippen molar-refractivity contribution in [1.82, 2.24) is 15.3 Å². The van der Waals surface area contributed by atoms with Gasteiger partial charge in [-0.05, 0) is 20.8 Å². The summed E-state index contributed by atoms with van der Waals surface area (Å²) >= 11 is 0. The van der Waals surface area contributed by atoms with E-state index in [0.717, 1.165) is 31.3 Å². The third-order valence-electron chi connectivity index (χ3n) is 2.91. The van der Waals surface area contributed by atoms with Gasteiger partial charge in [0.15, 0.2) is 0 Å². The molecule has 0 unspecified atom stereocenters. The summed E-state index contributed by atoms with van der Waals surface area (Å²) in [6, 6.07) is 2.39. The number of rotatable bonds is 5. The molecule has 0 saturated carbocycles. The van der Waals surface area contributed by atoms with Gasteiger partial charge < -0.3 is 15.0 Å². The van der Waals surface area contributed by atoms with E-state index in [0.29, 0.717) is 18.5 Å². The number of hydrogen-bond acceptors (Lipinski definition) is 5. The number of likely N-dealkylation sites (N-methyl/N-ethyl adjacent to an activating group) is 1. The van der Waals surface area contributed by atoms with E-state index in [9.17, 15) is 0 Å². The van der Waals surface area contributed by atoms with Gasteiger partial charge >= 0.3 is 0 Å².